The third-order valence-electron chi connectivity index (χ3n) is 10.3. The van der Waals surface area contributed by atoms with Gasteiger partial charge in [0, 0.05) is 19.3 Å². The molecule has 8 atom stereocenters. The van der Waals surface area contributed by atoms with Crippen molar-refractivity contribution < 1.29 is 67.9 Å². The number of phosphoric acid groups is 1. The van der Waals surface area contributed by atoms with Crippen molar-refractivity contribution in [1.29, 1.82) is 0 Å². The van der Waals surface area contributed by atoms with Crippen molar-refractivity contribution >= 4 is 25.5 Å². The number of carbonyl (C=O) groups is 3. The Bertz CT molecular complexity index is 1380. The molecule has 0 spiro atoms. The number of hydrogen-bond acceptors (Lipinski definition) is 13. The summed E-state index contributed by atoms with van der Waals surface area (Å²) in [6.07, 6.45) is 26.7. The molecule has 0 saturated heterocycles. The number of allylic oxidation sites excluding steroid dienone is 10. The van der Waals surface area contributed by atoms with Crippen LogP contribution in [-0.2, 0) is 37.5 Å². The highest BCUT2D eigenvalue weighted by Gasteiger charge is 2.51. The van der Waals surface area contributed by atoms with Crippen LogP contribution in [0.1, 0.15) is 162 Å². The molecular weight excluding hydrogens is 819 g/mol. The summed E-state index contributed by atoms with van der Waals surface area (Å²) >= 11 is 0. The van der Waals surface area contributed by atoms with E-state index in [0.717, 1.165) is 51.4 Å². The fourth-order valence-electron chi connectivity index (χ4n) is 6.52. The van der Waals surface area contributed by atoms with Gasteiger partial charge < -0.3 is 39.9 Å². The lowest BCUT2D eigenvalue weighted by atomic mass is 9.85. The van der Waals surface area contributed by atoms with Gasteiger partial charge in [0.15, 0.2) is 11.9 Å². The lowest BCUT2D eigenvalue weighted by molar-refractivity contribution is -0.220. The summed E-state index contributed by atoms with van der Waals surface area (Å²) in [6.45, 7) is 3.08. The SMILES string of the molecule is CCCCC/C=C\C=C\C(=O)CCCCCCCC(=O)O[C@H](COC(=O)CCC/C=C\C/C=C\C/C=C\CCCCCCCC)COP(=O)(O)OC1[C@H](O)[C@H](O)C(O)[C@H](O)[C@H]1O. The smallest absolute Gasteiger partial charge is 0.462 e. The van der Waals surface area contributed by atoms with Gasteiger partial charge in [0.05, 0.1) is 6.61 Å². The largest absolute Gasteiger partial charge is 0.472 e. The van der Waals surface area contributed by atoms with Crippen LogP contribution in [0.5, 0.6) is 0 Å². The Morgan fingerprint density at radius 1 is 0.548 bits per heavy atom. The molecule has 0 bridgehead atoms. The zero-order valence-corrected chi connectivity index (χ0v) is 38.3. The Morgan fingerprint density at radius 3 is 1.68 bits per heavy atom. The maximum absolute atomic E-state index is 12.8. The number of unbranched alkanes of at least 4 members (excludes halogenated alkanes) is 14. The molecule has 6 N–H and O–H groups in total. The van der Waals surface area contributed by atoms with Crippen LogP contribution in [0.4, 0.5) is 0 Å². The average Bonchev–Trinajstić information content (AvgIpc) is 3.25. The lowest BCUT2D eigenvalue weighted by Crippen LogP contribution is -2.64. The van der Waals surface area contributed by atoms with Crippen molar-refractivity contribution in [2.75, 3.05) is 13.2 Å². The van der Waals surface area contributed by atoms with E-state index in [2.05, 4.69) is 44.2 Å². The van der Waals surface area contributed by atoms with E-state index < -0.39 is 75.7 Å². The van der Waals surface area contributed by atoms with Crippen LogP contribution in [0.2, 0.25) is 0 Å². The molecule has 15 heteroatoms. The Labute approximate surface area is 370 Å². The quantitative estimate of drug-likeness (QED) is 0.00865. The molecule has 0 aromatic rings. The summed E-state index contributed by atoms with van der Waals surface area (Å²) in [5, 5.41) is 50.1. The van der Waals surface area contributed by atoms with Gasteiger partial charge in [-0.15, -0.1) is 0 Å². The average molecular weight is 899 g/mol. The second-order valence-corrected chi connectivity index (χ2v) is 17.3. The Hall–Kier alpha value is -2.78. The molecule has 1 saturated carbocycles. The van der Waals surface area contributed by atoms with Crippen molar-refractivity contribution in [3.63, 3.8) is 0 Å². The summed E-state index contributed by atoms with van der Waals surface area (Å²) < 4.78 is 33.4. The van der Waals surface area contributed by atoms with Gasteiger partial charge in [-0.3, -0.25) is 23.4 Å². The first-order valence-corrected chi connectivity index (χ1v) is 24.5. The molecule has 1 aliphatic rings. The maximum Gasteiger partial charge on any atom is 0.472 e. The third kappa shape index (κ3) is 28.8. The Morgan fingerprint density at radius 2 is 1.03 bits per heavy atom. The topological polar surface area (TPSA) is 227 Å². The molecule has 1 fully saturated rings. The van der Waals surface area contributed by atoms with E-state index in [9.17, 15) is 49.4 Å². The van der Waals surface area contributed by atoms with Gasteiger partial charge in [-0.05, 0) is 70.3 Å². The van der Waals surface area contributed by atoms with Gasteiger partial charge in [0.2, 0.25) is 0 Å². The van der Waals surface area contributed by atoms with Gasteiger partial charge in [-0.2, -0.15) is 0 Å². The lowest BCUT2D eigenvalue weighted by Gasteiger charge is -2.41. The Balaban J connectivity index is 2.54. The number of aliphatic hydroxyl groups excluding tert-OH is 5. The highest BCUT2D eigenvalue weighted by atomic mass is 31.2. The number of rotatable bonds is 37. The Kier molecular flexibility index (Phi) is 33.7. The molecule has 0 aliphatic heterocycles. The predicted octanol–water partition coefficient (Wildman–Crippen LogP) is 8.12. The second kappa shape index (κ2) is 36.5. The first-order valence-electron chi connectivity index (χ1n) is 23.0. The number of esters is 2. The molecule has 14 nitrogen and oxygen atoms in total. The second-order valence-electron chi connectivity index (χ2n) is 15.9. The molecule has 1 aliphatic carbocycles. The molecule has 62 heavy (non-hydrogen) atoms. The number of ether oxygens (including phenoxy) is 2. The summed E-state index contributed by atoms with van der Waals surface area (Å²) in [7, 11) is -5.16. The number of ketones is 1. The minimum Gasteiger partial charge on any atom is -0.462 e. The van der Waals surface area contributed by atoms with Crippen LogP contribution in [0.3, 0.4) is 0 Å². The molecular formula is C47H79O14P. The summed E-state index contributed by atoms with van der Waals surface area (Å²) in [5.74, 6) is -1.20. The van der Waals surface area contributed by atoms with Gasteiger partial charge in [0.1, 0.15) is 43.2 Å². The first-order chi connectivity index (χ1) is 29.8. The molecule has 0 aromatic carbocycles. The summed E-state index contributed by atoms with van der Waals surface area (Å²) in [4.78, 5) is 47.7. The molecule has 0 aromatic heterocycles. The minimum absolute atomic E-state index is 0.0000314. The van der Waals surface area contributed by atoms with Crippen molar-refractivity contribution in [3.8, 4) is 0 Å². The molecule has 0 radical (unpaired) electrons. The van der Waals surface area contributed by atoms with Crippen LogP contribution in [0, 0.1) is 0 Å². The van der Waals surface area contributed by atoms with Crippen molar-refractivity contribution in [3.05, 3.63) is 60.8 Å². The standard InChI is InChI=1S/C47H79O14P/c1-3-5-7-9-11-12-13-14-15-16-17-18-19-20-22-26-30-34-40(49)58-36-39(37-59-62(56,57)61-47-45(54)43(52)42(51)44(53)46(47)55)60-41(50)35-31-27-23-25-29-33-38(48)32-28-24-21-10-8-6-4-2/h14-15,17-18,20-22,24,28,32,39,42-47,51-55H,3-13,16,19,23,25-27,29-31,33-37H2,1-2H3,(H,56,57)/b15-14-,18-17-,22-20-,24-21-,32-28+/t39-,42?,43-,44+,45-,46-,47?/m1/s1. The monoisotopic (exact) mass is 899 g/mol. The van der Waals surface area contributed by atoms with Crippen molar-refractivity contribution in [2.24, 2.45) is 0 Å². The van der Waals surface area contributed by atoms with Crippen LogP contribution in [0.15, 0.2) is 60.8 Å². The third-order valence-corrected chi connectivity index (χ3v) is 11.3. The molecule has 0 amide bonds. The van der Waals surface area contributed by atoms with Gasteiger partial charge in [-0.1, -0.05) is 133 Å². The van der Waals surface area contributed by atoms with Gasteiger partial charge in [-0.25, -0.2) is 4.57 Å². The normalized spacial score (nSPS) is 22.3. The van der Waals surface area contributed by atoms with Crippen molar-refractivity contribution in [1.82, 2.24) is 0 Å². The van der Waals surface area contributed by atoms with Crippen LogP contribution in [0.25, 0.3) is 0 Å². The van der Waals surface area contributed by atoms with Crippen LogP contribution in [-0.4, -0.2) is 104 Å². The molecule has 1 rings (SSSR count). The van der Waals surface area contributed by atoms with E-state index in [1.165, 1.54) is 51.4 Å². The first kappa shape index (κ1) is 57.2. The minimum atomic E-state index is -5.16. The predicted molar refractivity (Wildman–Crippen MR) is 240 cm³/mol. The van der Waals surface area contributed by atoms with Gasteiger partial charge >= 0.3 is 19.8 Å². The van der Waals surface area contributed by atoms with Crippen molar-refractivity contribution in [2.45, 2.75) is 204 Å². The van der Waals surface area contributed by atoms with Crippen LogP contribution >= 0.6 is 7.82 Å². The zero-order chi connectivity index (χ0) is 45.9. The summed E-state index contributed by atoms with van der Waals surface area (Å²) in [5.41, 5.74) is 0. The van der Waals surface area contributed by atoms with E-state index in [1.807, 2.05) is 18.2 Å². The van der Waals surface area contributed by atoms with E-state index in [-0.39, 0.29) is 18.6 Å². The van der Waals surface area contributed by atoms with E-state index in [0.29, 0.717) is 32.1 Å². The van der Waals surface area contributed by atoms with E-state index >= 15 is 0 Å². The number of aliphatic hydroxyl groups is 5. The van der Waals surface area contributed by atoms with E-state index in [1.54, 1.807) is 12.2 Å². The molecule has 3 unspecified atom stereocenters. The fraction of sp³-hybridized carbons (Fsp3) is 0.723. The number of carbonyl (C=O) groups excluding carboxylic acids is 3. The summed E-state index contributed by atoms with van der Waals surface area (Å²) in [6, 6.07) is 0. The van der Waals surface area contributed by atoms with Gasteiger partial charge in [0.25, 0.3) is 0 Å². The maximum atomic E-state index is 12.8. The molecule has 356 valence electrons. The number of phosphoric ester groups is 1. The highest BCUT2D eigenvalue weighted by molar-refractivity contribution is 7.47. The number of hydrogen-bond donors (Lipinski definition) is 6. The fourth-order valence-corrected chi connectivity index (χ4v) is 7.49. The van der Waals surface area contributed by atoms with Crippen LogP contribution < -0.4 is 0 Å². The zero-order valence-electron chi connectivity index (χ0n) is 37.4. The van der Waals surface area contributed by atoms with E-state index in [4.69, 9.17) is 18.5 Å². The molecule has 0 heterocycles. The highest BCUT2D eigenvalue weighted by Crippen LogP contribution is 2.47.